The molecule has 1 aliphatic carbocycles. The number of hydrogen-bond donors (Lipinski definition) is 1. The maximum Gasteiger partial charge on any atom is 0.124 e. The van der Waals surface area contributed by atoms with Gasteiger partial charge in [-0.1, -0.05) is 12.8 Å². The molecule has 0 spiro atoms. The highest BCUT2D eigenvalue weighted by atomic mass is 15.4. The lowest BCUT2D eigenvalue weighted by molar-refractivity contribution is 0.290. The van der Waals surface area contributed by atoms with Crippen molar-refractivity contribution in [2.45, 2.75) is 38.1 Å². The van der Waals surface area contributed by atoms with Crippen LogP contribution in [0.3, 0.4) is 0 Å². The molecule has 76 valence electrons. The summed E-state index contributed by atoms with van der Waals surface area (Å²) < 4.78 is 2.21. The number of nitrogens with one attached hydrogen (secondary N) is 1. The molecule has 1 saturated carbocycles. The summed E-state index contributed by atoms with van der Waals surface area (Å²) in [6.45, 7) is 1.12. The first kappa shape index (κ1) is 8.33. The minimum absolute atomic E-state index is 0.670. The summed E-state index contributed by atoms with van der Waals surface area (Å²) >= 11 is 0. The maximum atomic E-state index is 4.44. The van der Waals surface area contributed by atoms with Crippen molar-refractivity contribution in [2.24, 2.45) is 5.92 Å². The summed E-state index contributed by atoms with van der Waals surface area (Å²) in [5.74, 6) is 2.10. The van der Waals surface area contributed by atoms with Gasteiger partial charge in [0.05, 0.1) is 12.2 Å². The predicted octanol–water partition coefficient (Wildman–Crippen LogP) is 2.43. The van der Waals surface area contributed by atoms with Crippen molar-refractivity contribution in [2.75, 3.05) is 11.9 Å². The summed E-state index contributed by atoms with van der Waals surface area (Å²) in [6, 6.07) is 2.75. The van der Waals surface area contributed by atoms with Crippen LogP contribution in [-0.2, 0) is 0 Å². The van der Waals surface area contributed by atoms with Gasteiger partial charge in [0.2, 0.25) is 0 Å². The molecule has 0 saturated heterocycles. The van der Waals surface area contributed by atoms with E-state index in [9.17, 15) is 0 Å². The Kier molecular flexibility index (Phi) is 1.96. The Bertz CT molecular complexity index is 312. The average molecular weight is 191 g/mol. The molecule has 1 N–H and O–H groups in total. The second kappa shape index (κ2) is 3.30. The quantitative estimate of drug-likeness (QED) is 0.738. The highest BCUT2D eigenvalue weighted by Gasteiger charge is 2.29. The van der Waals surface area contributed by atoms with Gasteiger partial charge in [-0.2, -0.15) is 5.10 Å². The van der Waals surface area contributed by atoms with Gasteiger partial charge in [-0.15, -0.1) is 0 Å². The molecule has 2 aliphatic rings. The number of aromatic nitrogens is 2. The Balaban J connectivity index is 1.88. The van der Waals surface area contributed by atoms with Crippen LogP contribution in [0.25, 0.3) is 0 Å². The molecule has 0 aromatic carbocycles. The van der Waals surface area contributed by atoms with Crippen LogP contribution in [0.4, 0.5) is 5.82 Å². The standard InChI is InChI=1S/C11H17N3/c1-2-4-9(3-1)10-5-7-12-11-6-8-13-14(10)11/h6,8-10,12H,1-5,7H2. The number of rotatable bonds is 1. The van der Waals surface area contributed by atoms with E-state index in [0.29, 0.717) is 6.04 Å². The Morgan fingerprint density at radius 3 is 3.00 bits per heavy atom. The van der Waals surface area contributed by atoms with Crippen molar-refractivity contribution in [1.82, 2.24) is 9.78 Å². The van der Waals surface area contributed by atoms with Crippen LogP contribution in [0.5, 0.6) is 0 Å². The van der Waals surface area contributed by atoms with Gasteiger partial charge in [0, 0.05) is 12.6 Å². The van der Waals surface area contributed by atoms with Crippen LogP contribution in [0.1, 0.15) is 38.1 Å². The van der Waals surface area contributed by atoms with E-state index in [1.165, 1.54) is 37.9 Å². The first-order valence-electron chi connectivity index (χ1n) is 5.72. The van der Waals surface area contributed by atoms with Gasteiger partial charge >= 0.3 is 0 Å². The molecule has 3 rings (SSSR count). The average Bonchev–Trinajstić information content (AvgIpc) is 2.88. The van der Waals surface area contributed by atoms with Gasteiger partial charge in [-0.3, -0.25) is 0 Å². The van der Waals surface area contributed by atoms with Crippen LogP contribution < -0.4 is 5.32 Å². The third-order valence-corrected chi connectivity index (χ3v) is 3.67. The van der Waals surface area contributed by atoms with Crippen molar-refractivity contribution in [1.29, 1.82) is 0 Å². The normalized spacial score (nSPS) is 27.3. The second-order valence-corrected chi connectivity index (χ2v) is 4.49. The van der Waals surface area contributed by atoms with Gasteiger partial charge in [0.1, 0.15) is 5.82 Å². The van der Waals surface area contributed by atoms with Crippen LogP contribution in [0.15, 0.2) is 12.3 Å². The fraction of sp³-hybridized carbons (Fsp3) is 0.727. The molecule has 14 heavy (non-hydrogen) atoms. The monoisotopic (exact) mass is 191 g/mol. The van der Waals surface area contributed by atoms with E-state index in [1.807, 2.05) is 6.20 Å². The Morgan fingerprint density at radius 1 is 1.29 bits per heavy atom. The van der Waals surface area contributed by atoms with Crippen LogP contribution >= 0.6 is 0 Å². The van der Waals surface area contributed by atoms with Crippen LogP contribution in [0.2, 0.25) is 0 Å². The number of anilines is 1. The number of fused-ring (bicyclic) bond motifs is 1. The maximum absolute atomic E-state index is 4.44. The minimum Gasteiger partial charge on any atom is -0.370 e. The van der Waals surface area contributed by atoms with Gasteiger partial charge < -0.3 is 5.32 Å². The molecule has 0 amide bonds. The fourth-order valence-electron chi connectivity index (χ4n) is 2.97. The molecule has 1 aliphatic heterocycles. The first-order valence-corrected chi connectivity index (χ1v) is 5.72. The van der Waals surface area contributed by atoms with Crippen molar-refractivity contribution < 1.29 is 0 Å². The zero-order valence-electron chi connectivity index (χ0n) is 8.45. The van der Waals surface area contributed by atoms with Gasteiger partial charge in [0.25, 0.3) is 0 Å². The molecule has 1 aromatic heterocycles. The molecule has 1 aromatic rings. The minimum atomic E-state index is 0.670. The van der Waals surface area contributed by atoms with E-state index in [1.54, 1.807) is 0 Å². The zero-order valence-corrected chi connectivity index (χ0v) is 8.45. The smallest absolute Gasteiger partial charge is 0.124 e. The summed E-state index contributed by atoms with van der Waals surface area (Å²) in [5, 5.41) is 7.83. The largest absolute Gasteiger partial charge is 0.370 e. The summed E-state index contributed by atoms with van der Waals surface area (Å²) in [7, 11) is 0. The van der Waals surface area contributed by atoms with E-state index < -0.39 is 0 Å². The first-order chi connectivity index (χ1) is 6.95. The molecule has 3 nitrogen and oxygen atoms in total. The Hall–Kier alpha value is -0.990. The van der Waals surface area contributed by atoms with E-state index in [4.69, 9.17) is 0 Å². The molecule has 0 bridgehead atoms. The lowest BCUT2D eigenvalue weighted by Crippen LogP contribution is -2.27. The molecular formula is C11H17N3. The Morgan fingerprint density at radius 2 is 2.14 bits per heavy atom. The Labute approximate surface area is 84.5 Å². The molecule has 0 radical (unpaired) electrons. The zero-order chi connectivity index (χ0) is 9.38. The van der Waals surface area contributed by atoms with E-state index in [0.717, 1.165) is 12.5 Å². The lowest BCUT2D eigenvalue weighted by Gasteiger charge is -2.30. The number of nitrogens with zero attached hydrogens (tertiary/aromatic N) is 2. The molecular weight excluding hydrogens is 174 g/mol. The molecule has 1 unspecified atom stereocenters. The van der Waals surface area contributed by atoms with Crippen molar-refractivity contribution in [3.05, 3.63) is 12.3 Å². The van der Waals surface area contributed by atoms with E-state index in [-0.39, 0.29) is 0 Å². The van der Waals surface area contributed by atoms with Gasteiger partial charge in [0.15, 0.2) is 0 Å². The third kappa shape index (κ3) is 1.22. The molecule has 2 heterocycles. The molecule has 1 atom stereocenters. The summed E-state index contributed by atoms with van der Waals surface area (Å²) in [5.41, 5.74) is 0. The highest BCUT2D eigenvalue weighted by Crippen LogP contribution is 2.38. The van der Waals surface area contributed by atoms with E-state index in [2.05, 4.69) is 21.2 Å². The summed E-state index contributed by atoms with van der Waals surface area (Å²) in [4.78, 5) is 0. The van der Waals surface area contributed by atoms with E-state index >= 15 is 0 Å². The fourth-order valence-corrected chi connectivity index (χ4v) is 2.97. The molecule has 1 fully saturated rings. The van der Waals surface area contributed by atoms with Crippen molar-refractivity contribution in [3.8, 4) is 0 Å². The van der Waals surface area contributed by atoms with Gasteiger partial charge in [-0.25, -0.2) is 4.68 Å². The number of hydrogen-bond acceptors (Lipinski definition) is 2. The van der Waals surface area contributed by atoms with Crippen LogP contribution in [-0.4, -0.2) is 16.3 Å². The summed E-state index contributed by atoms with van der Waals surface area (Å²) in [6.07, 6.45) is 8.82. The highest BCUT2D eigenvalue weighted by molar-refractivity contribution is 5.36. The molecule has 3 heteroatoms. The SMILES string of the molecule is c1cc2n(n1)C(C1CCCC1)CCN2. The van der Waals surface area contributed by atoms with Crippen molar-refractivity contribution >= 4 is 5.82 Å². The third-order valence-electron chi connectivity index (χ3n) is 3.67. The van der Waals surface area contributed by atoms with Gasteiger partial charge in [-0.05, 0) is 25.2 Å². The van der Waals surface area contributed by atoms with Crippen LogP contribution in [0, 0.1) is 5.92 Å². The van der Waals surface area contributed by atoms with Crippen molar-refractivity contribution in [3.63, 3.8) is 0 Å². The topological polar surface area (TPSA) is 29.9 Å². The second-order valence-electron chi connectivity index (χ2n) is 4.49. The lowest BCUT2D eigenvalue weighted by atomic mass is 9.94. The predicted molar refractivity (Wildman–Crippen MR) is 56.3 cm³/mol.